The fourth-order valence-electron chi connectivity index (χ4n) is 4.00. The normalized spacial score (nSPS) is 14.0. The van der Waals surface area contributed by atoms with E-state index in [0.29, 0.717) is 41.6 Å². The molecule has 4 aromatic rings. The third-order valence-electron chi connectivity index (χ3n) is 5.72. The summed E-state index contributed by atoms with van der Waals surface area (Å²) in [4.78, 5) is 20.7. The van der Waals surface area contributed by atoms with Gasteiger partial charge >= 0.3 is 0 Å². The fourth-order valence-corrected chi connectivity index (χ4v) is 4.94. The molecule has 0 N–H and O–H groups in total. The highest BCUT2D eigenvalue weighted by Gasteiger charge is 2.16. The lowest BCUT2D eigenvalue weighted by Gasteiger charge is -2.29. The Morgan fingerprint density at radius 2 is 1.73 bits per heavy atom. The molecule has 1 saturated heterocycles. The van der Waals surface area contributed by atoms with Gasteiger partial charge in [0.1, 0.15) is 5.82 Å². The van der Waals surface area contributed by atoms with Crippen molar-refractivity contribution in [2.45, 2.75) is 17.5 Å². The van der Waals surface area contributed by atoms with E-state index in [-0.39, 0.29) is 11.4 Å². The quantitative estimate of drug-likeness (QED) is 0.307. The Bertz CT molecular complexity index is 1320. The minimum atomic E-state index is -0.267. The van der Waals surface area contributed by atoms with Gasteiger partial charge in [0.05, 0.1) is 30.7 Å². The molecular formula is C26H24FN3O2S. The number of nitrogens with zero attached hydrogens (tertiary/aromatic N) is 3. The maximum Gasteiger partial charge on any atom is 0.262 e. The van der Waals surface area contributed by atoms with Gasteiger partial charge in [0.15, 0.2) is 5.16 Å². The van der Waals surface area contributed by atoms with Crippen LogP contribution in [0, 0.1) is 5.82 Å². The van der Waals surface area contributed by atoms with E-state index in [4.69, 9.17) is 9.72 Å². The van der Waals surface area contributed by atoms with Crippen molar-refractivity contribution < 1.29 is 9.13 Å². The molecule has 0 radical (unpaired) electrons. The van der Waals surface area contributed by atoms with Crippen molar-refractivity contribution in [1.82, 2.24) is 9.55 Å². The summed E-state index contributed by atoms with van der Waals surface area (Å²) in [6, 6.07) is 22.3. The molecule has 0 atom stereocenters. The Balaban J connectivity index is 1.55. The minimum absolute atomic E-state index is 0.0688. The molecule has 3 aromatic carbocycles. The largest absolute Gasteiger partial charge is 0.378 e. The highest BCUT2D eigenvalue weighted by molar-refractivity contribution is 7.98. The van der Waals surface area contributed by atoms with Crippen LogP contribution in [0.4, 0.5) is 10.1 Å². The van der Waals surface area contributed by atoms with Crippen molar-refractivity contribution in [2.24, 2.45) is 0 Å². The zero-order valence-corrected chi connectivity index (χ0v) is 18.9. The highest BCUT2D eigenvalue weighted by atomic mass is 32.2. The van der Waals surface area contributed by atoms with Gasteiger partial charge in [-0.15, -0.1) is 0 Å². The first-order valence-corrected chi connectivity index (χ1v) is 11.9. The Morgan fingerprint density at radius 3 is 2.52 bits per heavy atom. The maximum atomic E-state index is 13.7. The Kier molecular flexibility index (Phi) is 6.41. The predicted octanol–water partition coefficient (Wildman–Crippen LogP) is 4.71. The SMILES string of the molecule is O=c1c2cc(N3CCOCC3)ccc2nc(SCc2cccc(F)c2)n1Cc1ccccc1. The Labute approximate surface area is 195 Å². The van der Waals surface area contributed by atoms with Crippen molar-refractivity contribution in [3.8, 4) is 0 Å². The highest BCUT2D eigenvalue weighted by Crippen LogP contribution is 2.26. The number of ether oxygens (including phenoxy) is 1. The first-order chi connectivity index (χ1) is 16.2. The molecule has 7 heteroatoms. The van der Waals surface area contributed by atoms with Crippen LogP contribution in [-0.4, -0.2) is 35.9 Å². The Morgan fingerprint density at radius 1 is 0.939 bits per heavy atom. The van der Waals surface area contributed by atoms with Gasteiger partial charge in [-0.3, -0.25) is 9.36 Å². The molecule has 5 rings (SSSR count). The first-order valence-electron chi connectivity index (χ1n) is 11.0. The van der Waals surface area contributed by atoms with E-state index < -0.39 is 0 Å². The van der Waals surface area contributed by atoms with Crippen molar-refractivity contribution in [1.29, 1.82) is 0 Å². The van der Waals surface area contributed by atoms with Gasteiger partial charge in [0.2, 0.25) is 0 Å². The summed E-state index contributed by atoms with van der Waals surface area (Å²) in [5.74, 6) is 0.257. The van der Waals surface area contributed by atoms with Gasteiger partial charge in [0.25, 0.3) is 5.56 Å². The molecular weight excluding hydrogens is 437 g/mol. The second kappa shape index (κ2) is 9.77. The van der Waals surface area contributed by atoms with Gasteiger partial charge in [-0.25, -0.2) is 9.37 Å². The van der Waals surface area contributed by atoms with Crippen LogP contribution in [0.1, 0.15) is 11.1 Å². The molecule has 1 aliphatic heterocycles. The van der Waals surface area contributed by atoms with E-state index in [1.807, 2.05) is 54.6 Å². The van der Waals surface area contributed by atoms with Gasteiger partial charge in [-0.05, 0) is 41.5 Å². The number of hydrogen-bond donors (Lipinski definition) is 0. The molecule has 0 bridgehead atoms. The van der Waals surface area contributed by atoms with E-state index >= 15 is 0 Å². The monoisotopic (exact) mass is 461 g/mol. The standard InChI is InChI=1S/C26H24FN3O2S/c27-21-8-4-7-20(15-21)18-33-26-28-24-10-9-22(29-11-13-32-14-12-29)16-23(24)25(31)30(26)17-19-5-2-1-3-6-19/h1-10,15-16H,11-14,17-18H2. The van der Waals surface area contributed by atoms with Crippen molar-refractivity contribution in [3.05, 3.63) is 100 Å². The number of halogens is 1. The molecule has 168 valence electrons. The van der Waals surface area contributed by atoms with Crippen molar-refractivity contribution in [3.63, 3.8) is 0 Å². The average molecular weight is 462 g/mol. The van der Waals surface area contributed by atoms with Crippen LogP contribution in [0.15, 0.2) is 82.7 Å². The fraction of sp³-hybridized carbons (Fsp3) is 0.231. The van der Waals surface area contributed by atoms with Crippen LogP contribution in [0.5, 0.6) is 0 Å². The van der Waals surface area contributed by atoms with Crippen LogP contribution in [0.2, 0.25) is 0 Å². The van der Waals surface area contributed by atoms with Crippen molar-refractivity contribution >= 4 is 28.4 Å². The molecule has 0 aliphatic carbocycles. The third kappa shape index (κ3) is 4.94. The topological polar surface area (TPSA) is 47.4 Å². The maximum absolute atomic E-state index is 13.7. The van der Waals surface area contributed by atoms with Crippen LogP contribution in [0.3, 0.4) is 0 Å². The molecule has 0 unspecified atom stereocenters. The number of fused-ring (bicyclic) bond motifs is 1. The van der Waals surface area contributed by atoms with Gasteiger partial charge < -0.3 is 9.64 Å². The predicted molar refractivity (Wildman–Crippen MR) is 131 cm³/mol. The number of thioether (sulfide) groups is 1. The van der Waals surface area contributed by atoms with Gasteiger partial charge in [-0.2, -0.15) is 0 Å². The lowest BCUT2D eigenvalue weighted by molar-refractivity contribution is 0.122. The first kappa shape index (κ1) is 21.7. The van der Waals surface area contributed by atoms with E-state index in [2.05, 4.69) is 4.90 Å². The molecule has 33 heavy (non-hydrogen) atoms. The number of benzene rings is 3. The number of morpholine rings is 1. The number of anilines is 1. The molecule has 0 spiro atoms. The zero-order valence-electron chi connectivity index (χ0n) is 18.1. The summed E-state index contributed by atoms with van der Waals surface area (Å²) in [6.45, 7) is 3.40. The second-order valence-corrected chi connectivity index (χ2v) is 8.93. The second-order valence-electron chi connectivity index (χ2n) is 7.99. The third-order valence-corrected chi connectivity index (χ3v) is 6.77. The van der Waals surface area contributed by atoms with Gasteiger partial charge in [0, 0.05) is 24.5 Å². The summed E-state index contributed by atoms with van der Waals surface area (Å²) >= 11 is 1.45. The van der Waals surface area contributed by atoms with Crippen LogP contribution >= 0.6 is 11.8 Å². The minimum Gasteiger partial charge on any atom is -0.378 e. The van der Waals surface area contributed by atoms with E-state index in [1.54, 1.807) is 10.6 Å². The molecule has 1 aromatic heterocycles. The molecule has 2 heterocycles. The number of hydrogen-bond acceptors (Lipinski definition) is 5. The summed E-state index contributed by atoms with van der Waals surface area (Å²) < 4.78 is 20.8. The van der Waals surface area contributed by atoms with E-state index in [1.165, 1.54) is 23.9 Å². The van der Waals surface area contributed by atoms with Crippen molar-refractivity contribution in [2.75, 3.05) is 31.2 Å². The smallest absolute Gasteiger partial charge is 0.262 e. The van der Waals surface area contributed by atoms with Crippen LogP contribution in [-0.2, 0) is 17.0 Å². The molecule has 0 saturated carbocycles. The molecule has 1 fully saturated rings. The lowest BCUT2D eigenvalue weighted by atomic mass is 10.2. The summed E-state index contributed by atoms with van der Waals surface area (Å²) in [5, 5.41) is 1.23. The number of rotatable bonds is 6. The average Bonchev–Trinajstić information content (AvgIpc) is 2.86. The van der Waals surface area contributed by atoms with Gasteiger partial charge in [-0.1, -0.05) is 54.2 Å². The molecule has 5 nitrogen and oxygen atoms in total. The lowest BCUT2D eigenvalue weighted by Crippen LogP contribution is -2.36. The summed E-state index contributed by atoms with van der Waals surface area (Å²) in [6.07, 6.45) is 0. The number of aromatic nitrogens is 2. The van der Waals surface area contributed by atoms with E-state index in [0.717, 1.165) is 29.9 Å². The van der Waals surface area contributed by atoms with Crippen LogP contribution in [0.25, 0.3) is 10.9 Å². The summed E-state index contributed by atoms with van der Waals surface area (Å²) in [7, 11) is 0. The summed E-state index contributed by atoms with van der Waals surface area (Å²) in [5.41, 5.74) is 3.49. The Hall–Kier alpha value is -3.16. The van der Waals surface area contributed by atoms with Crippen LogP contribution < -0.4 is 10.5 Å². The zero-order chi connectivity index (χ0) is 22.6. The molecule has 0 amide bonds. The molecule has 1 aliphatic rings. The van der Waals surface area contributed by atoms with E-state index in [9.17, 15) is 9.18 Å².